The fourth-order valence-corrected chi connectivity index (χ4v) is 2.67. The summed E-state index contributed by atoms with van der Waals surface area (Å²) in [5, 5.41) is 7.50. The van der Waals surface area contributed by atoms with Crippen molar-refractivity contribution in [3.05, 3.63) is 28.2 Å². The van der Waals surface area contributed by atoms with Crippen LogP contribution in [0.4, 0.5) is 0 Å². The highest BCUT2D eigenvalue weighted by molar-refractivity contribution is 9.10. The van der Waals surface area contributed by atoms with Gasteiger partial charge in [0.15, 0.2) is 0 Å². The number of benzene rings is 1. The Kier molecular flexibility index (Phi) is 5.19. The van der Waals surface area contributed by atoms with Crippen LogP contribution in [0.3, 0.4) is 0 Å². The molecule has 15 heavy (non-hydrogen) atoms. The molecule has 0 spiro atoms. The number of nitrogen functional groups attached to an aromatic ring is 1. The molecule has 0 amide bonds. The molecule has 2 nitrogen and oxygen atoms in total. The summed E-state index contributed by atoms with van der Waals surface area (Å²) in [7, 11) is 0. The lowest BCUT2D eigenvalue weighted by atomic mass is 10.2. The highest BCUT2D eigenvalue weighted by Crippen LogP contribution is 2.26. The standard InChI is InChI=1S/C11H15BrN2S/c1-2-3-6-15-10-5-4-8(12)7-9(10)11(13)14/h4-5,7H,2-3,6H2,1H3,(H3,13,14). The molecule has 0 aliphatic heterocycles. The van der Waals surface area contributed by atoms with Gasteiger partial charge in [-0.2, -0.15) is 0 Å². The van der Waals surface area contributed by atoms with Crippen LogP contribution in [0.5, 0.6) is 0 Å². The van der Waals surface area contributed by atoms with E-state index in [1.165, 1.54) is 12.8 Å². The van der Waals surface area contributed by atoms with Crippen LogP contribution in [0.1, 0.15) is 25.3 Å². The summed E-state index contributed by atoms with van der Waals surface area (Å²) in [4.78, 5) is 1.10. The molecule has 0 aliphatic carbocycles. The van der Waals surface area contributed by atoms with Crippen molar-refractivity contribution in [2.75, 3.05) is 5.75 Å². The van der Waals surface area contributed by atoms with Crippen molar-refractivity contribution in [1.82, 2.24) is 0 Å². The van der Waals surface area contributed by atoms with E-state index in [-0.39, 0.29) is 5.84 Å². The molecule has 82 valence electrons. The topological polar surface area (TPSA) is 49.9 Å². The summed E-state index contributed by atoms with van der Waals surface area (Å²) in [6.45, 7) is 2.17. The molecule has 3 N–H and O–H groups in total. The van der Waals surface area contributed by atoms with Crippen LogP contribution < -0.4 is 5.73 Å². The molecule has 0 saturated heterocycles. The third-order valence-electron chi connectivity index (χ3n) is 1.99. The minimum Gasteiger partial charge on any atom is -0.384 e. The lowest BCUT2D eigenvalue weighted by molar-refractivity contribution is 0.896. The van der Waals surface area contributed by atoms with Crippen LogP contribution in [0.2, 0.25) is 0 Å². The minimum absolute atomic E-state index is 0.135. The number of thioether (sulfide) groups is 1. The van der Waals surface area contributed by atoms with Gasteiger partial charge in [0.05, 0.1) is 0 Å². The summed E-state index contributed by atoms with van der Waals surface area (Å²) >= 11 is 5.15. The summed E-state index contributed by atoms with van der Waals surface area (Å²) in [6.07, 6.45) is 2.39. The first-order valence-corrected chi connectivity index (χ1v) is 6.69. The Morgan fingerprint density at radius 3 is 2.87 bits per heavy atom. The number of unbranched alkanes of at least 4 members (excludes halogenated alkanes) is 1. The van der Waals surface area contributed by atoms with Gasteiger partial charge >= 0.3 is 0 Å². The van der Waals surface area contributed by atoms with Gasteiger partial charge in [-0.15, -0.1) is 11.8 Å². The van der Waals surface area contributed by atoms with Crippen molar-refractivity contribution in [2.45, 2.75) is 24.7 Å². The maximum atomic E-state index is 7.50. The zero-order chi connectivity index (χ0) is 11.3. The van der Waals surface area contributed by atoms with Gasteiger partial charge < -0.3 is 5.73 Å². The Hall–Kier alpha value is -0.480. The molecular weight excluding hydrogens is 272 g/mol. The first-order chi connectivity index (χ1) is 7.15. The number of hydrogen-bond donors (Lipinski definition) is 2. The van der Waals surface area contributed by atoms with Gasteiger partial charge in [0.1, 0.15) is 5.84 Å². The van der Waals surface area contributed by atoms with Crippen LogP contribution in [0.15, 0.2) is 27.6 Å². The van der Waals surface area contributed by atoms with E-state index < -0.39 is 0 Å². The molecule has 0 radical (unpaired) electrons. The number of nitrogens with two attached hydrogens (primary N) is 1. The smallest absolute Gasteiger partial charge is 0.123 e. The number of rotatable bonds is 5. The second kappa shape index (κ2) is 6.18. The average molecular weight is 287 g/mol. The SMILES string of the molecule is CCCCSc1ccc(Br)cc1C(=N)N. The molecule has 1 aromatic rings. The number of hydrogen-bond acceptors (Lipinski definition) is 2. The van der Waals surface area contributed by atoms with Gasteiger partial charge in [-0.05, 0) is 30.4 Å². The first kappa shape index (κ1) is 12.6. The molecule has 0 bridgehead atoms. The molecule has 0 aliphatic rings. The third-order valence-corrected chi connectivity index (χ3v) is 3.64. The molecule has 4 heteroatoms. The molecule has 1 aromatic carbocycles. The molecule has 0 heterocycles. The summed E-state index contributed by atoms with van der Waals surface area (Å²) in [5.74, 6) is 1.22. The van der Waals surface area contributed by atoms with Crippen LogP contribution in [-0.2, 0) is 0 Å². The Balaban J connectivity index is 2.81. The molecule has 1 rings (SSSR count). The van der Waals surface area contributed by atoms with E-state index in [0.717, 1.165) is 20.7 Å². The van der Waals surface area contributed by atoms with Gasteiger partial charge in [0, 0.05) is 14.9 Å². The molecule has 0 aromatic heterocycles. The van der Waals surface area contributed by atoms with Crippen molar-refractivity contribution in [3.63, 3.8) is 0 Å². The zero-order valence-corrected chi connectivity index (χ0v) is 11.1. The van der Waals surface area contributed by atoms with Crippen molar-refractivity contribution >= 4 is 33.5 Å². The lowest BCUT2D eigenvalue weighted by Gasteiger charge is -2.07. The van der Waals surface area contributed by atoms with Crippen LogP contribution in [0, 0.1) is 5.41 Å². The first-order valence-electron chi connectivity index (χ1n) is 4.92. The van der Waals surface area contributed by atoms with Crippen molar-refractivity contribution in [3.8, 4) is 0 Å². The Morgan fingerprint density at radius 2 is 2.27 bits per heavy atom. The highest BCUT2D eigenvalue weighted by Gasteiger charge is 2.06. The second-order valence-corrected chi connectivity index (χ2v) is 5.31. The van der Waals surface area contributed by atoms with Crippen molar-refractivity contribution < 1.29 is 0 Å². The maximum absolute atomic E-state index is 7.50. The second-order valence-electron chi connectivity index (χ2n) is 3.26. The van der Waals surface area contributed by atoms with E-state index in [9.17, 15) is 0 Å². The van der Waals surface area contributed by atoms with Crippen LogP contribution in [0.25, 0.3) is 0 Å². The van der Waals surface area contributed by atoms with Crippen LogP contribution >= 0.6 is 27.7 Å². The maximum Gasteiger partial charge on any atom is 0.123 e. The highest BCUT2D eigenvalue weighted by atomic mass is 79.9. The summed E-state index contributed by atoms with van der Waals surface area (Å²) in [5.41, 5.74) is 6.36. The summed E-state index contributed by atoms with van der Waals surface area (Å²) < 4.78 is 0.965. The van der Waals surface area contributed by atoms with E-state index in [4.69, 9.17) is 11.1 Å². The predicted octanol–water partition coefficient (Wildman–Crippen LogP) is 3.63. The largest absolute Gasteiger partial charge is 0.384 e. The molecule has 0 fully saturated rings. The lowest BCUT2D eigenvalue weighted by Crippen LogP contribution is -2.12. The van der Waals surface area contributed by atoms with Gasteiger partial charge in [-0.3, -0.25) is 5.41 Å². The molecule has 0 atom stereocenters. The third kappa shape index (κ3) is 3.87. The molecular formula is C11H15BrN2S. The normalized spacial score (nSPS) is 10.3. The quantitative estimate of drug-likeness (QED) is 0.376. The Labute approximate surface area is 103 Å². The fourth-order valence-electron chi connectivity index (χ4n) is 1.17. The number of amidine groups is 1. The monoisotopic (exact) mass is 286 g/mol. The Morgan fingerprint density at radius 1 is 1.53 bits per heavy atom. The van der Waals surface area contributed by atoms with Gasteiger partial charge in [0.25, 0.3) is 0 Å². The van der Waals surface area contributed by atoms with E-state index >= 15 is 0 Å². The average Bonchev–Trinajstić information content (AvgIpc) is 2.20. The van der Waals surface area contributed by atoms with Gasteiger partial charge in [0.2, 0.25) is 0 Å². The van der Waals surface area contributed by atoms with E-state index in [1.807, 2.05) is 18.2 Å². The summed E-state index contributed by atoms with van der Waals surface area (Å²) in [6, 6.07) is 5.90. The zero-order valence-electron chi connectivity index (χ0n) is 8.72. The van der Waals surface area contributed by atoms with E-state index in [0.29, 0.717) is 0 Å². The predicted molar refractivity (Wildman–Crippen MR) is 70.8 cm³/mol. The van der Waals surface area contributed by atoms with Crippen molar-refractivity contribution in [1.29, 1.82) is 5.41 Å². The fraction of sp³-hybridized carbons (Fsp3) is 0.364. The Bertz CT molecular complexity index is 352. The van der Waals surface area contributed by atoms with E-state index in [1.54, 1.807) is 11.8 Å². The number of halogens is 1. The van der Waals surface area contributed by atoms with Gasteiger partial charge in [-0.25, -0.2) is 0 Å². The van der Waals surface area contributed by atoms with E-state index in [2.05, 4.69) is 22.9 Å². The minimum atomic E-state index is 0.135. The molecule has 0 unspecified atom stereocenters. The van der Waals surface area contributed by atoms with Crippen LogP contribution in [-0.4, -0.2) is 11.6 Å². The molecule has 0 saturated carbocycles. The van der Waals surface area contributed by atoms with Gasteiger partial charge in [-0.1, -0.05) is 29.3 Å². The van der Waals surface area contributed by atoms with Crippen molar-refractivity contribution in [2.24, 2.45) is 5.73 Å². The number of nitrogens with one attached hydrogen (secondary N) is 1.